The molecule has 0 aliphatic carbocycles. The highest BCUT2D eigenvalue weighted by Crippen LogP contribution is 2.28. The first-order chi connectivity index (χ1) is 13.3. The van der Waals surface area contributed by atoms with Gasteiger partial charge in [0.05, 0.1) is 39.9 Å². The van der Waals surface area contributed by atoms with Gasteiger partial charge in [0.1, 0.15) is 0 Å². The number of hydrogen-bond donors (Lipinski definition) is 1. The predicted octanol–water partition coefficient (Wildman–Crippen LogP) is 2.89. The summed E-state index contributed by atoms with van der Waals surface area (Å²) in [5.41, 5.74) is 1.25. The number of rotatable bonds is 6. The number of nitriles is 1. The lowest BCUT2D eigenvalue weighted by atomic mass is 10.1. The van der Waals surface area contributed by atoms with Gasteiger partial charge in [-0.05, 0) is 30.7 Å². The molecule has 0 saturated heterocycles. The molecule has 2 aromatic carbocycles. The summed E-state index contributed by atoms with van der Waals surface area (Å²) in [6.07, 6.45) is 2.76. The van der Waals surface area contributed by atoms with Crippen LogP contribution < -0.4 is 4.31 Å². The van der Waals surface area contributed by atoms with Gasteiger partial charge in [0.15, 0.2) is 0 Å². The van der Waals surface area contributed by atoms with Crippen molar-refractivity contribution >= 4 is 21.4 Å². The van der Waals surface area contributed by atoms with E-state index in [2.05, 4.69) is 10.2 Å². The summed E-state index contributed by atoms with van der Waals surface area (Å²) in [7, 11) is -4.05. The number of nitrogens with one attached hydrogen (secondary N) is 1. The van der Waals surface area contributed by atoms with Crippen LogP contribution in [0.2, 0.25) is 0 Å². The summed E-state index contributed by atoms with van der Waals surface area (Å²) in [4.78, 5) is 10.6. The fourth-order valence-electron chi connectivity index (χ4n) is 2.74. The number of H-pyrrole nitrogens is 1. The van der Waals surface area contributed by atoms with Crippen LogP contribution in [0.25, 0.3) is 0 Å². The van der Waals surface area contributed by atoms with Gasteiger partial charge in [0.2, 0.25) is 0 Å². The molecule has 142 valence electrons. The second-order valence-electron chi connectivity index (χ2n) is 5.93. The van der Waals surface area contributed by atoms with E-state index in [1.54, 1.807) is 13.0 Å². The Kier molecular flexibility index (Phi) is 5.10. The third kappa shape index (κ3) is 3.56. The highest BCUT2D eigenvalue weighted by atomic mass is 32.2. The van der Waals surface area contributed by atoms with Crippen LogP contribution in [0, 0.1) is 28.4 Å². The van der Waals surface area contributed by atoms with Crippen molar-refractivity contribution in [3.63, 3.8) is 0 Å². The minimum Gasteiger partial charge on any atom is -0.284 e. The van der Waals surface area contributed by atoms with E-state index in [9.17, 15) is 18.5 Å². The van der Waals surface area contributed by atoms with Gasteiger partial charge in [-0.2, -0.15) is 10.4 Å². The molecule has 0 spiro atoms. The van der Waals surface area contributed by atoms with E-state index < -0.39 is 14.9 Å². The second-order valence-corrected chi connectivity index (χ2v) is 7.79. The molecule has 1 aromatic heterocycles. The number of nitro benzene ring substituents is 1. The number of aromatic amines is 1. The molecular weight excluding hydrogens is 382 g/mol. The minimum atomic E-state index is -4.05. The third-order valence-corrected chi connectivity index (χ3v) is 6.02. The number of anilines is 1. The minimum absolute atomic E-state index is 0.0594. The maximum atomic E-state index is 13.3. The van der Waals surface area contributed by atoms with E-state index in [4.69, 9.17) is 5.26 Å². The molecule has 0 atom stereocenters. The number of sulfonamides is 1. The van der Waals surface area contributed by atoms with Crippen molar-refractivity contribution in [3.8, 4) is 6.07 Å². The van der Waals surface area contributed by atoms with E-state index in [-0.39, 0.29) is 28.4 Å². The second kappa shape index (κ2) is 7.50. The van der Waals surface area contributed by atoms with Crippen LogP contribution in [-0.2, 0) is 16.6 Å². The average Bonchev–Trinajstić information content (AvgIpc) is 3.21. The Morgan fingerprint density at radius 1 is 1.29 bits per heavy atom. The summed E-state index contributed by atoms with van der Waals surface area (Å²) in [6, 6.07) is 12.1. The molecule has 0 bridgehead atoms. The molecule has 0 amide bonds. The summed E-state index contributed by atoms with van der Waals surface area (Å²) in [5, 5.41) is 26.6. The van der Waals surface area contributed by atoms with Crippen LogP contribution in [0.4, 0.5) is 11.4 Å². The van der Waals surface area contributed by atoms with Crippen LogP contribution in [0.1, 0.15) is 16.7 Å². The molecule has 0 unspecified atom stereocenters. The Balaban J connectivity index is 2.10. The molecule has 1 N–H and O–H groups in total. The van der Waals surface area contributed by atoms with Gasteiger partial charge in [-0.1, -0.05) is 18.2 Å². The van der Waals surface area contributed by atoms with Crippen LogP contribution in [0.15, 0.2) is 59.8 Å². The maximum absolute atomic E-state index is 13.3. The van der Waals surface area contributed by atoms with Crippen molar-refractivity contribution in [1.29, 1.82) is 5.26 Å². The van der Waals surface area contributed by atoms with E-state index in [1.165, 1.54) is 48.8 Å². The van der Waals surface area contributed by atoms with Gasteiger partial charge in [-0.3, -0.25) is 19.5 Å². The normalized spacial score (nSPS) is 11.0. The average molecular weight is 397 g/mol. The Hall–Kier alpha value is -3.71. The van der Waals surface area contributed by atoms with Crippen molar-refractivity contribution < 1.29 is 13.3 Å². The molecule has 3 rings (SSSR count). The summed E-state index contributed by atoms with van der Waals surface area (Å²) in [6.45, 7) is 1.44. The van der Waals surface area contributed by atoms with Crippen molar-refractivity contribution in [3.05, 3.63) is 81.7 Å². The zero-order valence-electron chi connectivity index (χ0n) is 14.7. The largest absolute Gasteiger partial charge is 0.284 e. The van der Waals surface area contributed by atoms with Crippen molar-refractivity contribution in [2.45, 2.75) is 18.4 Å². The van der Waals surface area contributed by atoms with Gasteiger partial charge >= 0.3 is 0 Å². The van der Waals surface area contributed by atoms with Crippen LogP contribution in [0.5, 0.6) is 0 Å². The van der Waals surface area contributed by atoms with Crippen molar-refractivity contribution in [2.24, 2.45) is 0 Å². The van der Waals surface area contributed by atoms with Gasteiger partial charge in [0, 0.05) is 17.8 Å². The molecular formula is C18H15N5O4S. The number of aromatic nitrogens is 2. The first-order valence-electron chi connectivity index (χ1n) is 8.09. The Morgan fingerprint density at radius 3 is 2.68 bits per heavy atom. The SMILES string of the molecule is Cc1c(CN(c2cn[nH]c2)S(=O)(=O)c2cccc(C#N)c2)cccc1[N+](=O)[O-]. The fraction of sp³-hybridized carbons (Fsp3) is 0.111. The molecule has 0 radical (unpaired) electrons. The van der Waals surface area contributed by atoms with Crippen molar-refractivity contribution in [2.75, 3.05) is 4.31 Å². The monoisotopic (exact) mass is 397 g/mol. The zero-order valence-corrected chi connectivity index (χ0v) is 15.5. The Bertz CT molecular complexity index is 1170. The first-order valence-corrected chi connectivity index (χ1v) is 9.53. The quantitative estimate of drug-likeness (QED) is 0.502. The Morgan fingerprint density at radius 2 is 2.04 bits per heavy atom. The molecule has 0 fully saturated rings. The lowest BCUT2D eigenvalue weighted by Crippen LogP contribution is -2.30. The van der Waals surface area contributed by atoms with Crippen molar-refractivity contribution in [1.82, 2.24) is 10.2 Å². The Labute approximate surface area is 161 Å². The van der Waals surface area contributed by atoms with Crippen LogP contribution >= 0.6 is 0 Å². The molecule has 28 heavy (non-hydrogen) atoms. The number of benzene rings is 2. The molecule has 0 aliphatic heterocycles. The summed E-state index contributed by atoms with van der Waals surface area (Å²) < 4.78 is 27.6. The molecule has 0 aliphatic rings. The van der Waals surface area contributed by atoms with Crippen LogP contribution in [0.3, 0.4) is 0 Å². The molecule has 0 saturated carbocycles. The smallest absolute Gasteiger partial charge is 0.272 e. The van der Waals surface area contributed by atoms with Gasteiger partial charge in [-0.25, -0.2) is 8.42 Å². The molecule has 1 heterocycles. The third-order valence-electron chi connectivity index (χ3n) is 4.25. The lowest BCUT2D eigenvalue weighted by Gasteiger charge is -2.23. The lowest BCUT2D eigenvalue weighted by molar-refractivity contribution is -0.385. The number of nitro groups is 1. The fourth-order valence-corrected chi connectivity index (χ4v) is 4.21. The number of hydrogen-bond acceptors (Lipinski definition) is 6. The van der Waals surface area contributed by atoms with E-state index in [1.807, 2.05) is 6.07 Å². The van der Waals surface area contributed by atoms with E-state index >= 15 is 0 Å². The molecule has 10 heteroatoms. The zero-order chi connectivity index (χ0) is 20.3. The topological polar surface area (TPSA) is 133 Å². The highest BCUT2D eigenvalue weighted by Gasteiger charge is 2.27. The van der Waals surface area contributed by atoms with Gasteiger partial charge in [-0.15, -0.1) is 0 Å². The van der Waals surface area contributed by atoms with Gasteiger partial charge < -0.3 is 0 Å². The highest BCUT2D eigenvalue weighted by molar-refractivity contribution is 7.92. The number of nitrogens with zero attached hydrogens (tertiary/aromatic N) is 4. The van der Waals surface area contributed by atoms with Gasteiger partial charge in [0.25, 0.3) is 15.7 Å². The standard InChI is InChI=1S/C18H15N5O4S/c1-13-15(5-3-7-18(13)23(24)25)12-22(16-10-20-21-11-16)28(26,27)17-6-2-4-14(8-17)9-19/h2-8,10-11H,12H2,1H3,(H,20,21). The predicted molar refractivity (Wildman–Crippen MR) is 101 cm³/mol. The summed E-state index contributed by atoms with van der Waals surface area (Å²) in [5.74, 6) is 0. The van der Waals surface area contributed by atoms with E-state index in [0.29, 0.717) is 11.1 Å². The first kappa shape index (κ1) is 19.1. The van der Waals surface area contributed by atoms with E-state index in [0.717, 1.165) is 4.31 Å². The molecule has 9 nitrogen and oxygen atoms in total. The molecule has 3 aromatic rings. The maximum Gasteiger partial charge on any atom is 0.272 e. The van der Waals surface area contributed by atoms with Crippen LogP contribution in [-0.4, -0.2) is 23.5 Å². The summed E-state index contributed by atoms with van der Waals surface area (Å²) >= 11 is 0.